The Morgan fingerprint density at radius 2 is 1.68 bits per heavy atom. The lowest BCUT2D eigenvalue weighted by Crippen LogP contribution is -2.27. The Kier molecular flexibility index (Phi) is 6.86. The summed E-state index contributed by atoms with van der Waals surface area (Å²) < 4.78 is 6.16. The van der Waals surface area contributed by atoms with Crippen LogP contribution in [0.2, 0.25) is 0 Å². The van der Waals surface area contributed by atoms with Crippen molar-refractivity contribution < 1.29 is 14.0 Å². The van der Waals surface area contributed by atoms with Crippen LogP contribution in [0.5, 0.6) is 0 Å². The molecule has 0 aliphatic carbocycles. The van der Waals surface area contributed by atoms with Crippen molar-refractivity contribution in [3.05, 3.63) is 82.7 Å². The molecule has 0 fully saturated rings. The van der Waals surface area contributed by atoms with Gasteiger partial charge in [-0.15, -0.1) is 0 Å². The van der Waals surface area contributed by atoms with E-state index in [1.165, 1.54) is 0 Å². The molecule has 0 aliphatic heterocycles. The summed E-state index contributed by atoms with van der Waals surface area (Å²) in [6.07, 6.45) is 2.62. The van der Waals surface area contributed by atoms with E-state index in [0.29, 0.717) is 36.5 Å². The average molecular weight is 442 g/mol. The fourth-order valence-electron chi connectivity index (χ4n) is 2.57. The molecule has 1 heterocycles. The van der Waals surface area contributed by atoms with Gasteiger partial charge in [-0.2, -0.15) is 0 Å². The molecular weight excluding hydrogens is 422 g/mol. The molecule has 0 spiro atoms. The third kappa shape index (κ3) is 6.28. The lowest BCUT2D eigenvalue weighted by atomic mass is 10.1. The SMILES string of the molecule is O=C(CCc1cccc(Br)c1)Nc1ccc(NC(=O)NCc2ccco2)cc1. The van der Waals surface area contributed by atoms with Gasteiger partial charge in [-0.05, 0) is 60.5 Å². The van der Waals surface area contributed by atoms with Crippen molar-refractivity contribution in [3.63, 3.8) is 0 Å². The number of benzene rings is 2. The molecule has 7 heteroatoms. The van der Waals surface area contributed by atoms with Gasteiger partial charge in [-0.25, -0.2) is 4.79 Å². The first-order valence-corrected chi connectivity index (χ1v) is 9.59. The molecule has 3 aromatic rings. The molecular formula is C21H20BrN3O3. The van der Waals surface area contributed by atoms with Crippen LogP contribution in [-0.2, 0) is 17.8 Å². The Balaban J connectivity index is 1.43. The topological polar surface area (TPSA) is 83.4 Å². The van der Waals surface area contributed by atoms with E-state index < -0.39 is 0 Å². The van der Waals surface area contributed by atoms with Crippen LogP contribution in [0.15, 0.2) is 75.8 Å². The summed E-state index contributed by atoms with van der Waals surface area (Å²) in [6.45, 7) is 0.310. The van der Waals surface area contributed by atoms with E-state index in [4.69, 9.17) is 4.42 Å². The maximum absolute atomic E-state index is 12.1. The molecule has 0 unspecified atom stereocenters. The van der Waals surface area contributed by atoms with Crippen molar-refractivity contribution in [1.29, 1.82) is 0 Å². The van der Waals surface area contributed by atoms with Crippen LogP contribution in [0.3, 0.4) is 0 Å². The number of amides is 3. The first-order chi connectivity index (χ1) is 13.6. The van der Waals surface area contributed by atoms with Crippen LogP contribution in [-0.4, -0.2) is 11.9 Å². The van der Waals surface area contributed by atoms with Crippen LogP contribution in [0.4, 0.5) is 16.2 Å². The summed E-state index contributed by atoms with van der Waals surface area (Å²) in [4.78, 5) is 24.0. The standard InChI is InChI=1S/C21H20BrN3O3/c22-16-4-1-3-15(13-16)6-11-20(26)24-17-7-9-18(10-8-17)25-21(27)23-14-19-5-2-12-28-19/h1-5,7-10,12-13H,6,11,14H2,(H,24,26)(H2,23,25,27). The quantitative estimate of drug-likeness (QED) is 0.485. The van der Waals surface area contributed by atoms with Crippen molar-refractivity contribution in [2.45, 2.75) is 19.4 Å². The second-order valence-electron chi connectivity index (χ2n) is 6.14. The van der Waals surface area contributed by atoms with Crippen LogP contribution in [0.1, 0.15) is 17.7 Å². The Morgan fingerprint density at radius 1 is 0.929 bits per heavy atom. The minimum atomic E-state index is -0.331. The molecule has 0 aliphatic rings. The molecule has 0 saturated heterocycles. The molecule has 0 atom stereocenters. The number of carbonyl (C=O) groups excluding carboxylic acids is 2. The second kappa shape index (κ2) is 9.75. The van der Waals surface area contributed by atoms with Gasteiger partial charge in [-0.1, -0.05) is 28.1 Å². The summed E-state index contributed by atoms with van der Waals surface area (Å²) in [6, 6.07) is 18.1. The molecule has 0 saturated carbocycles. The maximum atomic E-state index is 12.1. The monoisotopic (exact) mass is 441 g/mol. The number of hydrogen-bond donors (Lipinski definition) is 3. The highest BCUT2D eigenvalue weighted by molar-refractivity contribution is 9.10. The van der Waals surface area contributed by atoms with Gasteiger partial charge < -0.3 is 20.4 Å². The Morgan fingerprint density at radius 3 is 2.36 bits per heavy atom. The molecule has 0 radical (unpaired) electrons. The second-order valence-corrected chi connectivity index (χ2v) is 7.06. The van der Waals surface area contributed by atoms with Crippen LogP contribution >= 0.6 is 15.9 Å². The minimum Gasteiger partial charge on any atom is -0.467 e. The smallest absolute Gasteiger partial charge is 0.319 e. The van der Waals surface area contributed by atoms with Crippen LogP contribution in [0.25, 0.3) is 0 Å². The van der Waals surface area contributed by atoms with Crippen molar-refractivity contribution >= 4 is 39.2 Å². The highest BCUT2D eigenvalue weighted by Gasteiger charge is 2.06. The normalized spacial score (nSPS) is 10.3. The highest BCUT2D eigenvalue weighted by Crippen LogP contribution is 2.16. The third-order valence-corrected chi connectivity index (χ3v) is 4.45. The molecule has 1 aromatic heterocycles. The van der Waals surface area contributed by atoms with Crippen molar-refractivity contribution in [2.75, 3.05) is 10.6 Å². The lowest BCUT2D eigenvalue weighted by molar-refractivity contribution is -0.116. The molecule has 2 aromatic carbocycles. The summed E-state index contributed by atoms with van der Waals surface area (Å²) in [7, 11) is 0. The predicted molar refractivity (Wildman–Crippen MR) is 112 cm³/mol. The van der Waals surface area contributed by atoms with E-state index in [-0.39, 0.29) is 11.9 Å². The zero-order chi connectivity index (χ0) is 19.8. The van der Waals surface area contributed by atoms with Crippen molar-refractivity contribution in [3.8, 4) is 0 Å². The summed E-state index contributed by atoms with van der Waals surface area (Å²) >= 11 is 3.43. The van der Waals surface area contributed by atoms with Gasteiger partial charge in [0.05, 0.1) is 12.8 Å². The van der Waals surface area contributed by atoms with Gasteiger partial charge in [-0.3, -0.25) is 4.79 Å². The molecule has 6 nitrogen and oxygen atoms in total. The average Bonchev–Trinajstić information content (AvgIpc) is 3.20. The molecule has 3 rings (SSSR count). The van der Waals surface area contributed by atoms with Gasteiger partial charge in [0.1, 0.15) is 5.76 Å². The number of aryl methyl sites for hydroxylation is 1. The van der Waals surface area contributed by atoms with E-state index in [1.807, 2.05) is 24.3 Å². The number of carbonyl (C=O) groups is 2. The zero-order valence-electron chi connectivity index (χ0n) is 15.1. The molecule has 28 heavy (non-hydrogen) atoms. The lowest BCUT2D eigenvalue weighted by Gasteiger charge is -2.09. The summed E-state index contributed by atoms with van der Waals surface area (Å²) in [5.41, 5.74) is 2.41. The van der Waals surface area contributed by atoms with E-state index in [2.05, 4.69) is 31.9 Å². The fraction of sp³-hybridized carbons (Fsp3) is 0.143. The predicted octanol–water partition coefficient (Wildman–Crippen LogP) is 4.94. The number of anilines is 2. The Bertz CT molecular complexity index is 924. The third-order valence-electron chi connectivity index (χ3n) is 3.96. The number of nitrogens with one attached hydrogen (secondary N) is 3. The largest absolute Gasteiger partial charge is 0.467 e. The van der Waals surface area contributed by atoms with Crippen LogP contribution < -0.4 is 16.0 Å². The minimum absolute atomic E-state index is 0.0584. The molecule has 144 valence electrons. The molecule has 3 amide bonds. The summed E-state index contributed by atoms with van der Waals surface area (Å²) in [5.74, 6) is 0.618. The number of urea groups is 1. The van der Waals surface area contributed by atoms with Gasteiger partial charge in [0.15, 0.2) is 0 Å². The van der Waals surface area contributed by atoms with E-state index in [9.17, 15) is 9.59 Å². The van der Waals surface area contributed by atoms with E-state index in [0.717, 1.165) is 10.0 Å². The number of furan rings is 1. The number of hydrogen-bond acceptors (Lipinski definition) is 3. The maximum Gasteiger partial charge on any atom is 0.319 e. The van der Waals surface area contributed by atoms with E-state index in [1.54, 1.807) is 42.7 Å². The molecule has 3 N–H and O–H groups in total. The van der Waals surface area contributed by atoms with Crippen molar-refractivity contribution in [1.82, 2.24) is 5.32 Å². The fourth-order valence-corrected chi connectivity index (χ4v) is 3.01. The zero-order valence-corrected chi connectivity index (χ0v) is 16.7. The Labute approximate surface area is 171 Å². The number of rotatable bonds is 7. The first-order valence-electron chi connectivity index (χ1n) is 8.80. The highest BCUT2D eigenvalue weighted by atomic mass is 79.9. The van der Waals surface area contributed by atoms with Crippen molar-refractivity contribution in [2.24, 2.45) is 0 Å². The van der Waals surface area contributed by atoms with Gasteiger partial charge in [0, 0.05) is 22.3 Å². The first kappa shape index (κ1) is 19.7. The summed E-state index contributed by atoms with van der Waals surface area (Å²) in [5, 5.41) is 8.29. The number of halogens is 1. The van der Waals surface area contributed by atoms with Crippen LogP contribution in [0, 0.1) is 0 Å². The Hall–Kier alpha value is -3.06. The van der Waals surface area contributed by atoms with E-state index >= 15 is 0 Å². The van der Waals surface area contributed by atoms with Gasteiger partial charge in [0.25, 0.3) is 0 Å². The van der Waals surface area contributed by atoms with Gasteiger partial charge >= 0.3 is 6.03 Å². The molecule has 0 bridgehead atoms. The van der Waals surface area contributed by atoms with Gasteiger partial charge in [0.2, 0.25) is 5.91 Å².